The lowest BCUT2D eigenvalue weighted by Gasteiger charge is -2.42. The van der Waals surface area contributed by atoms with E-state index in [2.05, 4.69) is 10.1 Å². The summed E-state index contributed by atoms with van der Waals surface area (Å²) in [6.45, 7) is 3.59. The van der Waals surface area contributed by atoms with Gasteiger partial charge in [-0.2, -0.15) is 0 Å². The number of amides is 1. The molecule has 0 radical (unpaired) electrons. The molecule has 1 amide bonds. The maximum Gasteiger partial charge on any atom is 0.340 e. The van der Waals surface area contributed by atoms with E-state index < -0.39 is 17.8 Å². The first-order valence-electron chi connectivity index (χ1n) is 7.35. The van der Waals surface area contributed by atoms with Crippen LogP contribution in [0.2, 0.25) is 0 Å². The molecule has 0 saturated heterocycles. The minimum atomic E-state index is -0.706. The average Bonchev–Trinajstić information content (AvgIpc) is 2.44. The molecule has 0 bridgehead atoms. The van der Waals surface area contributed by atoms with Crippen molar-refractivity contribution in [1.29, 1.82) is 0 Å². The van der Waals surface area contributed by atoms with Crippen LogP contribution in [0.1, 0.15) is 35.7 Å². The van der Waals surface area contributed by atoms with E-state index in [-0.39, 0.29) is 21.0 Å². The summed E-state index contributed by atoms with van der Waals surface area (Å²) >= 11 is 5.35. The number of likely N-dealkylation sites (N-methyl/N-ethyl adjacent to an activating group) is 1. The maximum absolute atomic E-state index is 13.6. The highest BCUT2D eigenvalue weighted by atomic mass is 32.1. The number of hydrogen-bond acceptors (Lipinski definition) is 4. The minimum Gasteiger partial charge on any atom is -0.494 e. The Kier molecular flexibility index (Phi) is 6.58. The molecule has 1 aromatic carbocycles. The number of halogens is 1. The number of aryl methyl sites for hydroxylation is 1. The number of nitrogens with one attached hydrogen (secondary N) is 1. The molecule has 0 heterocycles. The fraction of sp³-hybridized carbons (Fsp3) is 0.500. The lowest BCUT2D eigenvalue weighted by molar-refractivity contribution is -0.768. The van der Waals surface area contributed by atoms with Crippen LogP contribution in [0.15, 0.2) is 12.1 Å². The highest BCUT2D eigenvalue weighted by Gasteiger charge is 2.28. The zero-order valence-corrected chi connectivity index (χ0v) is 14.9. The van der Waals surface area contributed by atoms with Crippen molar-refractivity contribution in [3.05, 3.63) is 29.1 Å². The van der Waals surface area contributed by atoms with Gasteiger partial charge in [-0.15, -0.1) is 0 Å². The lowest BCUT2D eigenvalue weighted by Crippen LogP contribution is -2.50. The molecule has 0 aliphatic carbocycles. The Morgan fingerprint density at radius 1 is 1.39 bits per heavy atom. The topological polar surface area (TPSA) is 55.4 Å². The zero-order chi connectivity index (χ0) is 17.8. The molecule has 0 aromatic heterocycles. The molecule has 128 valence electrons. The number of ether oxygens (including phenoxy) is 1. The van der Waals surface area contributed by atoms with Crippen LogP contribution in [0.4, 0.5) is 10.1 Å². The second-order valence-corrected chi connectivity index (χ2v) is 6.81. The highest BCUT2D eigenvalue weighted by molar-refractivity contribution is 7.52. The van der Waals surface area contributed by atoms with Crippen LogP contribution in [0.5, 0.6) is 0 Å². The van der Waals surface area contributed by atoms with Crippen molar-refractivity contribution >= 4 is 30.4 Å². The number of carbonyl (C=O) groups excluding carboxylic acids is 2. The summed E-state index contributed by atoms with van der Waals surface area (Å²) in [5.41, 5.74) is 0.694. The van der Waals surface area contributed by atoms with Crippen LogP contribution in [-0.4, -0.2) is 43.0 Å². The summed E-state index contributed by atoms with van der Waals surface area (Å²) in [6.07, 6.45) is 1.40. The normalized spacial score (nSPS) is 12.7. The van der Waals surface area contributed by atoms with Crippen LogP contribution in [0, 0.1) is 12.7 Å². The first kappa shape index (κ1) is 19.4. The molecule has 23 heavy (non-hydrogen) atoms. The van der Waals surface area contributed by atoms with Crippen molar-refractivity contribution < 1.29 is 22.6 Å². The number of methoxy groups -OCH3 is 1. The largest absolute Gasteiger partial charge is 0.494 e. The zero-order valence-electron chi connectivity index (χ0n) is 14.1. The maximum atomic E-state index is 13.6. The molecule has 0 fully saturated rings. The number of rotatable bonds is 6. The third-order valence-electron chi connectivity index (χ3n) is 3.57. The molecule has 0 aliphatic heterocycles. The van der Waals surface area contributed by atoms with Crippen LogP contribution in [0.25, 0.3) is 0 Å². The van der Waals surface area contributed by atoms with Crippen molar-refractivity contribution in [3.8, 4) is 0 Å². The van der Waals surface area contributed by atoms with Gasteiger partial charge in [-0.3, -0.25) is 4.79 Å². The van der Waals surface area contributed by atoms with E-state index in [4.69, 9.17) is 12.8 Å². The monoisotopic (exact) mass is 342 g/mol. The van der Waals surface area contributed by atoms with Gasteiger partial charge in [-0.25, -0.2) is 9.18 Å². The molecule has 1 aromatic rings. The Morgan fingerprint density at radius 2 is 2.00 bits per heavy atom. The summed E-state index contributed by atoms with van der Waals surface area (Å²) < 4.78 is 18.3. The van der Waals surface area contributed by atoms with Gasteiger partial charge in [0, 0.05) is 6.42 Å². The van der Waals surface area contributed by atoms with Crippen molar-refractivity contribution in [3.63, 3.8) is 0 Å². The lowest BCUT2D eigenvalue weighted by atomic mass is 10.1. The van der Waals surface area contributed by atoms with Crippen LogP contribution < -0.4 is 5.32 Å². The molecule has 7 heteroatoms. The van der Waals surface area contributed by atoms with Gasteiger partial charge in [-0.05, 0) is 24.6 Å². The van der Waals surface area contributed by atoms with Crippen molar-refractivity contribution in [2.45, 2.75) is 32.7 Å². The third-order valence-corrected chi connectivity index (χ3v) is 3.82. The SMILES string of the molecule is CCCC(C(=O)Nc1c(C)cc(F)cc1C(=O)OC)[N+](C)(C)[S-]. The second-order valence-electron chi connectivity index (χ2n) is 5.86. The van der Waals surface area contributed by atoms with Gasteiger partial charge in [0.15, 0.2) is 6.04 Å². The summed E-state index contributed by atoms with van der Waals surface area (Å²) in [5, 5.41) is 2.72. The van der Waals surface area contributed by atoms with E-state index in [1.165, 1.54) is 13.2 Å². The molecular formula is C16H23FN2O3S. The minimum absolute atomic E-state index is 0.0109. The fourth-order valence-corrected chi connectivity index (χ4v) is 2.59. The van der Waals surface area contributed by atoms with Crippen LogP contribution in [-0.2, 0) is 22.3 Å². The van der Waals surface area contributed by atoms with Crippen molar-refractivity contribution in [2.75, 3.05) is 26.5 Å². The molecule has 1 unspecified atom stereocenters. The number of esters is 1. The number of benzene rings is 1. The van der Waals surface area contributed by atoms with E-state index in [0.29, 0.717) is 12.0 Å². The van der Waals surface area contributed by atoms with Gasteiger partial charge in [0.2, 0.25) is 0 Å². The second kappa shape index (κ2) is 7.79. The van der Waals surface area contributed by atoms with Gasteiger partial charge >= 0.3 is 5.97 Å². The predicted molar refractivity (Wildman–Crippen MR) is 89.3 cm³/mol. The Balaban J connectivity index is 3.21. The van der Waals surface area contributed by atoms with E-state index in [1.807, 2.05) is 6.92 Å². The molecule has 1 atom stereocenters. The van der Waals surface area contributed by atoms with Crippen LogP contribution >= 0.6 is 0 Å². The standard InChI is InChI=1S/C16H23FN2O3S/c1-6-7-13(19(3,4)23)15(20)18-14-10(2)8-11(17)9-12(14)16(21)22-5/h8-9,13H,6-7H2,1-5H3,(H,18,20). The predicted octanol–water partition coefficient (Wildman–Crippen LogP) is 2.57. The number of nitrogens with zero attached hydrogens (tertiary/aromatic N) is 1. The average molecular weight is 342 g/mol. The fourth-order valence-electron chi connectivity index (χ4n) is 2.38. The van der Waals surface area contributed by atoms with E-state index in [0.717, 1.165) is 12.5 Å². The molecule has 0 spiro atoms. The van der Waals surface area contributed by atoms with Gasteiger partial charge in [0.25, 0.3) is 5.91 Å². The Bertz CT molecular complexity index is 600. The first-order chi connectivity index (χ1) is 10.6. The number of quaternary nitrogens is 1. The molecule has 1 rings (SSSR count). The number of hydrogen-bond donors (Lipinski definition) is 1. The van der Waals surface area contributed by atoms with Gasteiger partial charge in [0.1, 0.15) is 5.82 Å². The molecule has 0 aliphatic rings. The summed E-state index contributed by atoms with van der Waals surface area (Å²) in [4.78, 5) is 24.5. The summed E-state index contributed by atoms with van der Waals surface area (Å²) in [6, 6.07) is 1.85. The smallest absolute Gasteiger partial charge is 0.340 e. The quantitative estimate of drug-likeness (QED) is 0.490. The number of carbonyl (C=O) groups is 2. The van der Waals surface area contributed by atoms with Gasteiger partial charge in [-0.1, -0.05) is 13.3 Å². The summed E-state index contributed by atoms with van der Waals surface area (Å²) in [5.74, 6) is -1.57. The molecule has 1 N–H and O–H groups in total. The molecule has 5 nitrogen and oxygen atoms in total. The first-order valence-corrected chi connectivity index (χ1v) is 7.72. The Hall–Kier alpha value is -1.60. The third kappa shape index (κ3) is 4.94. The van der Waals surface area contributed by atoms with E-state index in [1.54, 1.807) is 21.0 Å². The highest BCUT2D eigenvalue weighted by Crippen LogP contribution is 2.25. The Morgan fingerprint density at radius 3 is 2.48 bits per heavy atom. The van der Waals surface area contributed by atoms with Gasteiger partial charge < -0.3 is 26.8 Å². The number of anilines is 1. The Labute approximate surface area is 141 Å². The van der Waals surface area contributed by atoms with Crippen molar-refractivity contribution in [2.24, 2.45) is 0 Å². The van der Waals surface area contributed by atoms with Gasteiger partial charge in [0.05, 0.1) is 32.5 Å². The van der Waals surface area contributed by atoms with Crippen molar-refractivity contribution in [1.82, 2.24) is 0 Å². The van der Waals surface area contributed by atoms with E-state index in [9.17, 15) is 14.0 Å². The van der Waals surface area contributed by atoms with Crippen LogP contribution in [0.3, 0.4) is 0 Å². The van der Waals surface area contributed by atoms with E-state index >= 15 is 0 Å². The molecule has 0 saturated carbocycles. The summed E-state index contributed by atoms with van der Waals surface area (Å²) in [7, 11) is 4.72. The molecular weight excluding hydrogens is 319 g/mol.